The van der Waals surface area contributed by atoms with Gasteiger partial charge in [0.15, 0.2) is 11.2 Å². The molecule has 4 heterocycles. The molecule has 0 bridgehead atoms. The molecule has 6 rings (SSSR count). The molecule has 0 aliphatic rings. The van der Waals surface area contributed by atoms with Crippen molar-refractivity contribution in [3.05, 3.63) is 93.9 Å². The van der Waals surface area contributed by atoms with Crippen LogP contribution in [0.4, 0.5) is 4.39 Å². The first-order chi connectivity index (χ1) is 17.5. The molecule has 2 aromatic carbocycles. The Kier molecular flexibility index (Phi) is 5.34. The lowest BCUT2D eigenvalue weighted by atomic mass is 10.1. The zero-order valence-corrected chi connectivity index (χ0v) is 19.8. The molecule has 0 aliphatic heterocycles. The first-order valence-electron chi connectivity index (χ1n) is 11.6. The molecule has 180 valence electrons. The van der Waals surface area contributed by atoms with E-state index in [9.17, 15) is 9.18 Å². The second-order valence-corrected chi connectivity index (χ2v) is 8.86. The van der Waals surface area contributed by atoms with E-state index in [0.29, 0.717) is 35.4 Å². The maximum Gasteiger partial charge on any atom is 0.280 e. The van der Waals surface area contributed by atoms with E-state index in [1.165, 1.54) is 23.1 Å². The number of H-pyrrole nitrogens is 1. The fourth-order valence-electron chi connectivity index (χ4n) is 4.69. The van der Waals surface area contributed by atoms with E-state index in [-0.39, 0.29) is 23.5 Å². The van der Waals surface area contributed by atoms with Crippen molar-refractivity contribution in [3.63, 3.8) is 0 Å². The van der Waals surface area contributed by atoms with Crippen LogP contribution in [0.2, 0.25) is 0 Å². The quantitative estimate of drug-likeness (QED) is 0.380. The number of rotatable bonds is 6. The Balaban J connectivity index is 1.41. The number of aromatic amines is 1. The molecule has 0 radical (unpaired) electrons. The number of hydrogen-bond acceptors (Lipinski definition) is 5. The molecule has 9 heteroatoms. The maximum absolute atomic E-state index is 13.5. The highest BCUT2D eigenvalue weighted by Gasteiger charge is 2.20. The summed E-state index contributed by atoms with van der Waals surface area (Å²) in [6.45, 7) is 2.81. The highest BCUT2D eigenvalue weighted by Crippen LogP contribution is 2.29. The van der Waals surface area contributed by atoms with Gasteiger partial charge in [-0.2, -0.15) is 5.10 Å². The molecule has 0 amide bonds. The molecule has 6 aromatic rings. The molecule has 0 saturated carbocycles. The zero-order chi connectivity index (χ0) is 24.8. The predicted molar refractivity (Wildman–Crippen MR) is 135 cm³/mol. The molecule has 0 saturated heterocycles. The van der Waals surface area contributed by atoms with Gasteiger partial charge < -0.3 is 14.3 Å². The number of fused-ring (bicyclic) bond motifs is 4. The molecule has 0 spiro atoms. The summed E-state index contributed by atoms with van der Waals surface area (Å²) < 4.78 is 22.1. The summed E-state index contributed by atoms with van der Waals surface area (Å²) in [7, 11) is 1.58. The number of halogens is 1. The topological polar surface area (TPSA) is 90.1 Å². The molecule has 1 N–H and O–H groups in total. The van der Waals surface area contributed by atoms with Crippen LogP contribution in [0.15, 0.2) is 65.7 Å². The molecule has 0 unspecified atom stereocenters. The monoisotopic (exact) mass is 482 g/mol. The summed E-state index contributed by atoms with van der Waals surface area (Å²) in [6, 6.07) is 14.2. The highest BCUT2D eigenvalue weighted by atomic mass is 19.1. The third kappa shape index (κ3) is 3.64. The fourth-order valence-corrected chi connectivity index (χ4v) is 4.69. The van der Waals surface area contributed by atoms with Crippen molar-refractivity contribution in [1.82, 2.24) is 29.4 Å². The highest BCUT2D eigenvalue weighted by molar-refractivity contribution is 5.85. The van der Waals surface area contributed by atoms with Crippen molar-refractivity contribution in [2.24, 2.45) is 0 Å². The van der Waals surface area contributed by atoms with E-state index in [4.69, 9.17) is 4.74 Å². The van der Waals surface area contributed by atoms with E-state index < -0.39 is 0 Å². The molecular formula is C27H23FN6O2. The minimum Gasteiger partial charge on any atom is -0.378 e. The number of pyridine rings is 1. The van der Waals surface area contributed by atoms with Crippen molar-refractivity contribution < 1.29 is 9.13 Å². The van der Waals surface area contributed by atoms with E-state index in [2.05, 4.69) is 45.4 Å². The van der Waals surface area contributed by atoms with Crippen LogP contribution in [0.25, 0.3) is 38.7 Å². The molecule has 0 aliphatic carbocycles. The third-order valence-corrected chi connectivity index (χ3v) is 6.48. The maximum atomic E-state index is 13.5. The first kappa shape index (κ1) is 22.1. The number of aryl methyl sites for hydroxylation is 3. The number of hydrogen-bond donors (Lipinski definition) is 1. The van der Waals surface area contributed by atoms with Crippen molar-refractivity contribution in [3.8, 4) is 11.1 Å². The van der Waals surface area contributed by atoms with Crippen molar-refractivity contribution in [1.29, 1.82) is 0 Å². The normalized spacial score (nSPS) is 11.8. The summed E-state index contributed by atoms with van der Waals surface area (Å²) in [4.78, 5) is 16.6. The Morgan fingerprint density at radius 1 is 1.08 bits per heavy atom. The van der Waals surface area contributed by atoms with Crippen LogP contribution in [-0.2, 0) is 24.3 Å². The van der Waals surface area contributed by atoms with Gasteiger partial charge in [-0.25, -0.2) is 8.91 Å². The van der Waals surface area contributed by atoms with Gasteiger partial charge in [-0.15, -0.1) is 10.2 Å². The van der Waals surface area contributed by atoms with Crippen LogP contribution in [0, 0.1) is 12.7 Å². The van der Waals surface area contributed by atoms with Crippen molar-refractivity contribution >= 4 is 27.6 Å². The zero-order valence-electron chi connectivity index (χ0n) is 19.8. The van der Waals surface area contributed by atoms with Gasteiger partial charge in [-0.05, 0) is 54.8 Å². The second kappa shape index (κ2) is 8.69. The third-order valence-electron chi connectivity index (χ3n) is 6.48. The Bertz CT molecular complexity index is 1800. The number of benzene rings is 2. The van der Waals surface area contributed by atoms with Gasteiger partial charge >= 0.3 is 0 Å². The van der Waals surface area contributed by atoms with Crippen LogP contribution in [0.3, 0.4) is 0 Å². The Labute approximate surface area is 205 Å². The Hall–Kier alpha value is -4.37. The second-order valence-electron chi connectivity index (χ2n) is 8.86. The van der Waals surface area contributed by atoms with Crippen LogP contribution < -0.4 is 5.56 Å². The minimum atomic E-state index is -0.330. The average molecular weight is 483 g/mol. The minimum absolute atomic E-state index is 0.231. The van der Waals surface area contributed by atoms with E-state index in [1.807, 2.05) is 12.3 Å². The number of ether oxygens (including phenoxy) is 1. The van der Waals surface area contributed by atoms with Crippen LogP contribution in [0.5, 0.6) is 0 Å². The van der Waals surface area contributed by atoms with Gasteiger partial charge in [0.05, 0.1) is 17.9 Å². The number of nitrogens with zero attached hydrogens (tertiary/aromatic N) is 5. The van der Waals surface area contributed by atoms with E-state index in [1.54, 1.807) is 34.5 Å². The molecular weight excluding hydrogens is 459 g/mol. The van der Waals surface area contributed by atoms with E-state index in [0.717, 1.165) is 16.6 Å². The number of aromatic nitrogens is 6. The molecule has 0 fully saturated rings. The smallest absolute Gasteiger partial charge is 0.280 e. The molecule has 8 nitrogen and oxygen atoms in total. The Morgan fingerprint density at radius 2 is 1.92 bits per heavy atom. The molecule has 0 atom stereocenters. The lowest BCUT2D eigenvalue weighted by Crippen LogP contribution is -2.22. The van der Waals surface area contributed by atoms with Crippen LogP contribution >= 0.6 is 0 Å². The van der Waals surface area contributed by atoms with Crippen LogP contribution in [-0.4, -0.2) is 36.5 Å². The van der Waals surface area contributed by atoms with Gasteiger partial charge in [0.1, 0.15) is 11.3 Å². The first-order valence-corrected chi connectivity index (χ1v) is 11.6. The van der Waals surface area contributed by atoms with Gasteiger partial charge in [0, 0.05) is 37.0 Å². The average Bonchev–Trinajstić information content (AvgIpc) is 3.45. The summed E-state index contributed by atoms with van der Waals surface area (Å²) >= 11 is 0. The van der Waals surface area contributed by atoms with Crippen LogP contribution in [0.1, 0.15) is 16.8 Å². The van der Waals surface area contributed by atoms with Gasteiger partial charge in [0.2, 0.25) is 0 Å². The van der Waals surface area contributed by atoms with Crippen molar-refractivity contribution in [2.75, 3.05) is 7.11 Å². The van der Waals surface area contributed by atoms with Gasteiger partial charge in [0.25, 0.3) is 5.56 Å². The van der Waals surface area contributed by atoms with Crippen molar-refractivity contribution in [2.45, 2.75) is 26.5 Å². The summed E-state index contributed by atoms with van der Waals surface area (Å²) in [5.74, 6) is -0.330. The largest absolute Gasteiger partial charge is 0.378 e. The van der Waals surface area contributed by atoms with E-state index >= 15 is 0 Å². The summed E-state index contributed by atoms with van der Waals surface area (Å²) in [5, 5.41) is 14.5. The SMILES string of the molecule is COCc1nn2c(nnc3c(=O)n(CCc4c[nH]c5ccc(C)cc45)ccc32)c1-c1ccc(F)cc1. The number of nitrogens with one attached hydrogen (secondary N) is 1. The summed E-state index contributed by atoms with van der Waals surface area (Å²) in [5.41, 5.74) is 6.53. The molecule has 4 aromatic heterocycles. The lowest BCUT2D eigenvalue weighted by Gasteiger charge is -2.07. The summed E-state index contributed by atoms with van der Waals surface area (Å²) in [6.07, 6.45) is 4.46. The molecule has 36 heavy (non-hydrogen) atoms. The fraction of sp³-hybridized carbons (Fsp3) is 0.185. The van der Waals surface area contributed by atoms with Gasteiger partial charge in [-0.3, -0.25) is 4.79 Å². The number of methoxy groups -OCH3 is 1. The predicted octanol–water partition coefficient (Wildman–Crippen LogP) is 4.42. The Morgan fingerprint density at radius 3 is 2.72 bits per heavy atom. The standard InChI is InChI=1S/C27H23FN6O2/c1-16-3-8-21-20(13-16)18(14-29-21)9-11-33-12-10-23-25(27(33)35)30-31-26-24(17-4-6-19(28)7-5-17)22(15-36-2)32-34(23)26/h3-8,10,12-14,29H,9,11,15H2,1-2H3. The lowest BCUT2D eigenvalue weighted by molar-refractivity contribution is 0.181. The van der Waals surface area contributed by atoms with Gasteiger partial charge in [-0.1, -0.05) is 23.8 Å².